The van der Waals surface area contributed by atoms with Crippen molar-refractivity contribution in [3.05, 3.63) is 29.8 Å². The van der Waals surface area contributed by atoms with Crippen LogP contribution in [0, 0.1) is 0 Å². The monoisotopic (exact) mass is 172 g/mol. The average molecular weight is 172 g/mol. The first-order chi connectivity index (χ1) is 5.20. The smallest absolute Gasteiger partial charge is 0.193 e. The summed E-state index contributed by atoms with van der Waals surface area (Å²) in [6.45, 7) is 0. The van der Waals surface area contributed by atoms with Gasteiger partial charge in [-0.3, -0.25) is 4.57 Å². The summed E-state index contributed by atoms with van der Waals surface area (Å²) < 4.78 is 10.4. The van der Waals surface area contributed by atoms with Crippen LogP contribution in [-0.4, -0.2) is 10.00 Å². The van der Waals surface area contributed by atoms with Gasteiger partial charge in [-0.05, 0) is 6.07 Å². The van der Waals surface area contributed by atoms with Gasteiger partial charge in [0.05, 0.1) is 6.16 Å². The number of phenolic OH excluding ortho intramolecular Hbond substituents is 1. The molecule has 0 saturated carbocycles. The van der Waals surface area contributed by atoms with Gasteiger partial charge in [-0.15, -0.1) is 0 Å². The van der Waals surface area contributed by atoms with Gasteiger partial charge < -0.3 is 10.00 Å². The summed E-state index contributed by atoms with van der Waals surface area (Å²) in [5.74, 6) is 0.0832. The second kappa shape index (κ2) is 3.56. The largest absolute Gasteiger partial charge is 0.508 e. The molecule has 1 aromatic rings. The predicted octanol–water partition coefficient (Wildman–Crippen LogP) is 1.36. The number of hydrogen-bond acceptors (Lipinski definition) is 2. The summed E-state index contributed by atoms with van der Waals surface area (Å²) in [7, 11) is -2.52. The van der Waals surface area contributed by atoms with Gasteiger partial charge in [0.2, 0.25) is 0 Å². The van der Waals surface area contributed by atoms with Crippen molar-refractivity contribution in [2.45, 2.75) is 6.16 Å². The SMILES string of the molecule is O=[PH](O)Cc1ccccc1O. The zero-order chi connectivity index (χ0) is 8.27. The van der Waals surface area contributed by atoms with E-state index < -0.39 is 8.03 Å². The fourth-order valence-electron chi connectivity index (χ4n) is 0.823. The Morgan fingerprint density at radius 1 is 1.36 bits per heavy atom. The highest BCUT2D eigenvalue weighted by Crippen LogP contribution is 2.26. The predicted molar refractivity (Wildman–Crippen MR) is 43.0 cm³/mol. The number of para-hydroxylation sites is 1. The van der Waals surface area contributed by atoms with Crippen molar-refractivity contribution < 1.29 is 14.6 Å². The lowest BCUT2D eigenvalue weighted by molar-refractivity contribution is 0.466. The zero-order valence-corrected chi connectivity index (χ0v) is 6.82. The van der Waals surface area contributed by atoms with Crippen molar-refractivity contribution >= 4 is 8.03 Å². The lowest BCUT2D eigenvalue weighted by Gasteiger charge is -1.99. The highest BCUT2D eigenvalue weighted by atomic mass is 31.1. The van der Waals surface area contributed by atoms with Gasteiger partial charge in [0.15, 0.2) is 8.03 Å². The molecule has 0 saturated heterocycles. The number of hydrogen-bond donors (Lipinski definition) is 2. The van der Waals surface area contributed by atoms with Crippen LogP contribution < -0.4 is 0 Å². The Morgan fingerprint density at radius 2 is 2.00 bits per heavy atom. The molecule has 4 heteroatoms. The number of benzene rings is 1. The van der Waals surface area contributed by atoms with Crippen LogP contribution in [0.1, 0.15) is 5.56 Å². The lowest BCUT2D eigenvalue weighted by atomic mass is 10.2. The van der Waals surface area contributed by atoms with Crippen molar-refractivity contribution in [1.29, 1.82) is 0 Å². The molecule has 0 heterocycles. The quantitative estimate of drug-likeness (QED) is 0.662. The van der Waals surface area contributed by atoms with Crippen LogP contribution in [-0.2, 0) is 10.7 Å². The van der Waals surface area contributed by atoms with Crippen molar-refractivity contribution in [3.8, 4) is 5.75 Å². The summed E-state index contributed by atoms with van der Waals surface area (Å²) in [5.41, 5.74) is 0.527. The van der Waals surface area contributed by atoms with E-state index in [4.69, 9.17) is 10.00 Å². The molecule has 0 aliphatic carbocycles. The first-order valence-corrected chi connectivity index (χ1v) is 4.75. The molecule has 60 valence electrons. The molecular formula is C7H9O3P. The summed E-state index contributed by atoms with van der Waals surface area (Å²) >= 11 is 0. The fourth-order valence-corrected chi connectivity index (χ4v) is 1.45. The molecule has 0 aliphatic heterocycles. The minimum Gasteiger partial charge on any atom is -0.508 e. The highest BCUT2D eigenvalue weighted by Gasteiger charge is 2.01. The standard InChI is InChI=1S/C7H9O3P/c8-7-4-2-1-3-6(7)5-11(9)10/h1-4,8,11H,5H2,(H,9,10). The maximum Gasteiger partial charge on any atom is 0.193 e. The molecule has 0 radical (unpaired) electrons. The molecule has 2 N–H and O–H groups in total. The molecule has 1 atom stereocenters. The molecule has 0 bridgehead atoms. The second-order valence-electron chi connectivity index (χ2n) is 2.20. The molecule has 0 fully saturated rings. The zero-order valence-electron chi connectivity index (χ0n) is 5.82. The van der Waals surface area contributed by atoms with Crippen LogP contribution in [0.25, 0.3) is 0 Å². The maximum atomic E-state index is 10.4. The average Bonchev–Trinajstić information content (AvgIpc) is 1.93. The molecule has 1 rings (SSSR count). The summed E-state index contributed by atoms with van der Waals surface area (Å²) in [5, 5.41) is 9.13. The molecule has 1 aromatic carbocycles. The van der Waals surface area contributed by atoms with Gasteiger partial charge in [0, 0.05) is 5.56 Å². The Hall–Kier alpha value is -0.790. The molecular weight excluding hydrogens is 163 g/mol. The highest BCUT2D eigenvalue weighted by molar-refractivity contribution is 7.37. The van der Waals surface area contributed by atoms with E-state index in [0.29, 0.717) is 5.56 Å². The molecule has 0 spiro atoms. The summed E-state index contributed by atoms with van der Waals surface area (Å²) in [6, 6.07) is 6.53. The van der Waals surface area contributed by atoms with Crippen LogP contribution in [0.4, 0.5) is 0 Å². The molecule has 0 amide bonds. The van der Waals surface area contributed by atoms with E-state index in [1.54, 1.807) is 18.2 Å². The van der Waals surface area contributed by atoms with Crippen LogP contribution in [0.3, 0.4) is 0 Å². The Balaban J connectivity index is 2.86. The Bertz CT molecular complexity index is 272. The summed E-state index contributed by atoms with van der Waals surface area (Å²) in [6.07, 6.45) is 0.0529. The van der Waals surface area contributed by atoms with Crippen molar-refractivity contribution in [2.75, 3.05) is 0 Å². The second-order valence-corrected chi connectivity index (χ2v) is 3.34. The number of phenols is 1. The third-order valence-corrected chi connectivity index (χ3v) is 2.02. The Morgan fingerprint density at radius 3 is 2.55 bits per heavy atom. The van der Waals surface area contributed by atoms with E-state index in [2.05, 4.69) is 0 Å². The van der Waals surface area contributed by atoms with Gasteiger partial charge in [0.1, 0.15) is 5.75 Å². The lowest BCUT2D eigenvalue weighted by Crippen LogP contribution is -1.79. The Labute approximate surface area is 65.2 Å². The van der Waals surface area contributed by atoms with Crippen LogP contribution in [0.2, 0.25) is 0 Å². The molecule has 3 nitrogen and oxygen atoms in total. The maximum absolute atomic E-state index is 10.4. The van der Waals surface area contributed by atoms with Crippen molar-refractivity contribution in [1.82, 2.24) is 0 Å². The van der Waals surface area contributed by atoms with Gasteiger partial charge in [-0.1, -0.05) is 18.2 Å². The van der Waals surface area contributed by atoms with E-state index in [1.807, 2.05) is 0 Å². The minimum absolute atomic E-state index is 0.0529. The first kappa shape index (κ1) is 8.31. The minimum atomic E-state index is -2.52. The Kier molecular flexibility index (Phi) is 2.69. The van der Waals surface area contributed by atoms with Gasteiger partial charge in [-0.2, -0.15) is 0 Å². The van der Waals surface area contributed by atoms with E-state index in [9.17, 15) is 4.57 Å². The fraction of sp³-hybridized carbons (Fsp3) is 0.143. The van der Waals surface area contributed by atoms with Gasteiger partial charge >= 0.3 is 0 Å². The van der Waals surface area contributed by atoms with E-state index >= 15 is 0 Å². The van der Waals surface area contributed by atoms with Crippen LogP contribution in [0.15, 0.2) is 24.3 Å². The molecule has 0 aromatic heterocycles. The number of rotatable bonds is 2. The topological polar surface area (TPSA) is 57.5 Å². The third kappa shape index (κ3) is 2.37. The normalized spacial score (nSPS) is 12.8. The summed E-state index contributed by atoms with van der Waals surface area (Å²) in [4.78, 5) is 8.57. The first-order valence-electron chi connectivity index (χ1n) is 3.19. The molecule has 11 heavy (non-hydrogen) atoms. The van der Waals surface area contributed by atoms with E-state index in [-0.39, 0.29) is 11.9 Å². The van der Waals surface area contributed by atoms with Gasteiger partial charge in [-0.25, -0.2) is 0 Å². The van der Waals surface area contributed by atoms with E-state index in [0.717, 1.165) is 0 Å². The molecule has 1 unspecified atom stereocenters. The van der Waals surface area contributed by atoms with E-state index in [1.165, 1.54) is 6.07 Å². The third-order valence-electron chi connectivity index (χ3n) is 1.33. The van der Waals surface area contributed by atoms with Gasteiger partial charge in [0.25, 0.3) is 0 Å². The van der Waals surface area contributed by atoms with Crippen LogP contribution >= 0.6 is 8.03 Å². The van der Waals surface area contributed by atoms with Crippen molar-refractivity contribution in [3.63, 3.8) is 0 Å². The molecule has 0 aliphatic rings. The van der Waals surface area contributed by atoms with Crippen LogP contribution in [0.5, 0.6) is 5.75 Å². The number of aromatic hydroxyl groups is 1. The van der Waals surface area contributed by atoms with Crippen molar-refractivity contribution in [2.24, 2.45) is 0 Å².